The van der Waals surface area contributed by atoms with Crippen molar-refractivity contribution in [3.05, 3.63) is 65.5 Å². The summed E-state index contributed by atoms with van der Waals surface area (Å²) in [7, 11) is 0. The van der Waals surface area contributed by atoms with Crippen molar-refractivity contribution in [2.75, 3.05) is 0 Å². The van der Waals surface area contributed by atoms with Crippen molar-refractivity contribution in [2.24, 2.45) is 0 Å². The molecule has 0 radical (unpaired) electrons. The molecule has 1 aromatic rings. The molecule has 0 N–H and O–H groups in total. The van der Waals surface area contributed by atoms with Gasteiger partial charge in [-0.25, -0.2) is 0 Å². The molecule has 1 unspecified atom stereocenters. The Hall–Kier alpha value is -2.27. The van der Waals surface area contributed by atoms with Gasteiger partial charge in [0, 0.05) is 12.4 Å². The summed E-state index contributed by atoms with van der Waals surface area (Å²) < 4.78 is 0. The molecule has 0 saturated carbocycles. The van der Waals surface area contributed by atoms with Crippen molar-refractivity contribution >= 4 is 6.08 Å². The molecule has 2 heteroatoms. The number of allylic oxidation sites excluding steroid dienone is 2. The minimum absolute atomic E-state index is 0.167. The van der Waals surface area contributed by atoms with Gasteiger partial charge in [0.2, 0.25) is 0 Å². The first-order chi connectivity index (χ1) is 7.88. The van der Waals surface area contributed by atoms with Gasteiger partial charge in [-0.2, -0.15) is 5.26 Å². The predicted octanol–water partition coefficient (Wildman–Crippen LogP) is 2.99. The van der Waals surface area contributed by atoms with Crippen molar-refractivity contribution in [3.63, 3.8) is 0 Å². The fourth-order valence-electron chi connectivity index (χ4n) is 2.14. The van der Waals surface area contributed by atoms with E-state index in [4.69, 9.17) is 5.26 Å². The van der Waals surface area contributed by atoms with E-state index in [2.05, 4.69) is 29.2 Å². The van der Waals surface area contributed by atoms with Crippen molar-refractivity contribution < 1.29 is 0 Å². The monoisotopic (exact) mass is 206 g/mol. The molecule has 2 aliphatic rings. The topological polar surface area (TPSA) is 27.0 Å². The van der Waals surface area contributed by atoms with Gasteiger partial charge < -0.3 is 4.90 Å². The van der Waals surface area contributed by atoms with Crippen LogP contribution in [-0.4, -0.2) is 4.90 Å². The number of nitriles is 1. The van der Waals surface area contributed by atoms with Crippen molar-refractivity contribution in [1.82, 2.24) is 4.90 Å². The summed E-state index contributed by atoms with van der Waals surface area (Å²) in [6.07, 6.45) is 9.95. The summed E-state index contributed by atoms with van der Waals surface area (Å²) in [5.74, 6) is 0. The number of hydrogen-bond donors (Lipinski definition) is 0. The Morgan fingerprint density at radius 2 is 1.94 bits per heavy atom. The summed E-state index contributed by atoms with van der Waals surface area (Å²) in [5, 5.41) is 8.92. The molecule has 1 aromatic carbocycles. The minimum Gasteiger partial charge on any atom is -0.343 e. The SMILES string of the molecule is N#CC1=CC2c3ccccc3C=CN2C=C1. The van der Waals surface area contributed by atoms with Gasteiger partial charge in [0.1, 0.15) is 0 Å². The van der Waals surface area contributed by atoms with Crippen molar-refractivity contribution in [1.29, 1.82) is 5.26 Å². The summed E-state index contributed by atoms with van der Waals surface area (Å²) in [4.78, 5) is 2.11. The lowest BCUT2D eigenvalue weighted by Crippen LogP contribution is -2.22. The van der Waals surface area contributed by atoms with Gasteiger partial charge >= 0.3 is 0 Å². The van der Waals surface area contributed by atoms with E-state index in [0.29, 0.717) is 0 Å². The number of fused-ring (bicyclic) bond motifs is 3. The number of nitrogens with zero attached hydrogens (tertiary/aromatic N) is 2. The summed E-state index contributed by atoms with van der Waals surface area (Å²) in [6.45, 7) is 0. The maximum Gasteiger partial charge on any atom is 0.0989 e. The molecule has 3 rings (SSSR count). The van der Waals surface area contributed by atoms with Crippen LogP contribution in [0.25, 0.3) is 6.08 Å². The normalized spacial score (nSPS) is 20.8. The van der Waals surface area contributed by atoms with E-state index in [1.54, 1.807) is 0 Å². The van der Waals surface area contributed by atoms with E-state index >= 15 is 0 Å². The average Bonchev–Trinajstić information content (AvgIpc) is 2.38. The molecule has 2 aliphatic heterocycles. The molecule has 0 saturated heterocycles. The van der Waals surface area contributed by atoms with Gasteiger partial charge in [0.05, 0.1) is 17.7 Å². The first-order valence-electron chi connectivity index (χ1n) is 5.23. The number of rotatable bonds is 0. The van der Waals surface area contributed by atoms with Gasteiger partial charge in [0.25, 0.3) is 0 Å². The van der Waals surface area contributed by atoms with Gasteiger partial charge in [-0.15, -0.1) is 0 Å². The molecule has 2 heterocycles. The highest BCUT2D eigenvalue weighted by Gasteiger charge is 2.22. The third kappa shape index (κ3) is 1.26. The molecule has 76 valence electrons. The van der Waals surface area contributed by atoms with Crippen molar-refractivity contribution in [3.8, 4) is 6.07 Å². The van der Waals surface area contributed by atoms with Gasteiger partial charge in [-0.1, -0.05) is 24.3 Å². The first-order valence-corrected chi connectivity index (χ1v) is 5.23. The maximum absolute atomic E-state index is 8.92. The van der Waals surface area contributed by atoms with Crippen LogP contribution >= 0.6 is 0 Å². The molecule has 0 fully saturated rings. The molecule has 1 atom stereocenters. The Bertz CT molecular complexity index is 558. The lowest BCUT2D eigenvalue weighted by molar-refractivity contribution is 0.428. The van der Waals surface area contributed by atoms with Crippen molar-refractivity contribution in [2.45, 2.75) is 6.04 Å². The highest BCUT2D eigenvalue weighted by atomic mass is 15.1. The zero-order valence-corrected chi connectivity index (χ0v) is 8.67. The Morgan fingerprint density at radius 3 is 2.81 bits per heavy atom. The second-order valence-corrected chi connectivity index (χ2v) is 3.89. The molecule has 2 nitrogen and oxygen atoms in total. The Balaban J connectivity index is 2.13. The van der Waals surface area contributed by atoms with E-state index in [9.17, 15) is 0 Å². The molecule has 16 heavy (non-hydrogen) atoms. The zero-order chi connectivity index (χ0) is 11.0. The largest absolute Gasteiger partial charge is 0.343 e. The van der Waals surface area contributed by atoms with Crippen LogP contribution in [0.1, 0.15) is 17.2 Å². The lowest BCUT2D eigenvalue weighted by atomic mass is 9.93. The maximum atomic E-state index is 8.92. The van der Waals surface area contributed by atoms with Crippen LogP contribution in [-0.2, 0) is 0 Å². The third-order valence-electron chi connectivity index (χ3n) is 2.95. The minimum atomic E-state index is 0.167. The summed E-state index contributed by atoms with van der Waals surface area (Å²) in [5.41, 5.74) is 3.21. The van der Waals surface area contributed by atoms with Crippen LogP contribution in [0.15, 0.2) is 54.4 Å². The van der Waals surface area contributed by atoms with E-state index < -0.39 is 0 Å². The molecule has 0 spiro atoms. The second kappa shape index (κ2) is 3.39. The Morgan fingerprint density at radius 1 is 1.12 bits per heavy atom. The smallest absolute Gasteiger partial charge is 0.0989 e. The summed E-state index contributed by atoms with van der Waals surface area (Å²) >= 11 is 0. The Labute approximate surface area is 94.4 Å². The van der Waals surface area contributed by atoms with E-state index in [0.717, 1.165) is 5.57 Å². The fraction of sp³-hybridized carbons (Fsp3) is 0.0714. The van der Waals surface area contributed by atoms with Crippen LogP contribution in [0.3, 0.4) is 0 Å². The predicted molar refractivity (Wildman–Crippen MR) is 62.9 cm³/mol. The number of hydrogen-bond acceptors (Lipinski definition) is 2. The third-order valence-corrected chi connectivity index (χ3v) is 2.95. The molecular formula is C14H10N2. The zero-order valence-electron chi connectivity index (χ0n) is 8.67. The van der Waals surface area contributed by atoms with E-state index in [1.807, 2.05) is 36.7 Å². The molecular weight excluding hydrogens is 196 g/mol. The Kier molecular flexibility index (Phi) is 1.91. The first kappa shape index (κ1) is 8.99. The molecule has 0 amide bonds. The van der Waals surface area contributed by atoms with Crippen LogP contribution < -0.4 is 0 Å². The quantitative estimate of drug-likeness (QED) is 0.652. The van der Waals surface area contributed by atoms with Gasteiger partial charge in [0.15, 0.2) is 0 Å². The molecule has 0 bridgehead atoms. The van der Waals surface area contributed by atoms with Crippen LogP contribution in [0.5, 0.6) is 0 Å². The average molecular weight is 206 g/mol. The molecule has 0 aromatic heterocycles. The number of benzene rings is 1. The van der Waals surface area contributed by atoms with Crippen LogP contribution in [0.4, 0.5) is 0 Å². The van der Waals surface area contributed by atoms with Crippen LogP contribution in [0, 0.1) is 11.3 Å². The highest BCUT2D eigenvalue weighted by Crippen LogP contribution is 2.34. The van der Waals surface area contributed by atoms with Gasteiger partial charge in [-0.05, 0) is 29.4 Å². The lowest BCUT2D eigenvalue weighted by Gasteiger charge is -2.32. The standard InChI is InChI=1S/C14H10N2/c15-10-11-5-7-16-8-6-12-3-1-2-4-13(12)14(16)9-11/h1-9,14H. The van der Waals surface area contributed by atoms with E-state index in [-0.39, 0.29) is 6.04 Å². The van der Waals surface area contributed by atoms with Crippen LogP contribution in [0.2, 0.25) is 0 Å². The molecule has 0 aliphatic carbocycles. The summed E-state index contributed by atoms with van der Waals surface area (Å²) in [6, 6.07) is 10.6. The fourth-order valence-corrected chi connectivity index (χ4v) is 2.14. The second-order valence-electron chi connectivity index (χ2n) is 3.89. The highest BCUT2D eigenvalue weighted by molar-refractivity contribution is 5.59. The van der Waals surface area contributed by atoms with Gasteiger partial charge in [-0.3, -0.25) is 0 Å². The van der Waals surface area contributed by atoms with E-state index in [1.165, 1.54) is 11.1 Å².